The fourth-order valence-electron chi connectivity index (χ4n) is 2.06. The summed E-state index contributed by atoms with van der Waals surface area (Å²) in [5.74, 6) is 0.396. The maximum absolute atomic E-state index is 9.63. The van der Waals surface area contributed by atoms with E-state index in [1.165, 1.54) is 4.88 Å². The monoisotopic (exact) mass is 226 g/mol. The van der Waals surface area contributed by atoms with Gasteiger partial charge in [0.15, 0.2) is 0 Å². The lowest BCUT2D eigenvalue weighted by Gasteiger charge is -2.33. The van der Waals surface area contributed by atoms with Gasteiger partial charge in [-0.2, -0.15) is 0 Å². The molecule has 4 heteroatoms. The molecule has 15 heavy (non-hydrogen) atoms. The Hall–Kier alpha value is -0.450. The molecule has 2 unspecified atom stereocenters. The number of hydrogen-bond donors (Lipinski definition) is 1. The first-order chi connectivity index (χ1) is 7.15. The van der Waals surface area contributed by atoms with E-state index in [0.717, 1.165) is 31.1 Å². The van der Waals surface area contributed by atoms with Crippen LogP contribution in [0.1, 0.15) is 23.2 Å². The van der Waals surface area contributed by atoms with Crippen molar-refractivity contribution in [2.75, 3.05) is 13.1 Å². The molecule has 2 atom stereocenters. The molecule has 1 aliphatic rings. The number of aromatic nitrogens is 1. The third kappa shape index (κ3) is 2.77. The van der Waals surface area contributed by atoms with Crippen LogP contribution in [0.2, 0.25) is 0 Å². The predicted octanol–water partition coefficient (Wildman–Crippen LogP) is 1.65. The lowest BCUT2D eigenvalue weighted by atomic mass is 9.97. The van der Waals surface area contributed by atoms with Crippen LogP contribution in [0.15, 0.2) is 6.20 Å². The van der Waals surface area contributed by atoms with Crippen molar-refractivity contribution in [2.24, 2.45) is 5.92 Å². The molecule has 1 aromatic heterocycles. The van der Waals surface area contributed by atoms with Gasteiger partial charge >= 0.3 is 0 Å². The molecule has 0 aliphatic carbocycles. The van der Waals surface area contributed by atoms with E-state index in [0.29, 0.717) is 5.92 Å². The summed E-state index contributed by atoms with van der Waals surface area (Å²) in [6.07, 6.45) is 2.76. The summed E-state index contributed by atoms with van der Waals surface area (Å²) in [5.41, 5.74) is 0. The number of aryl methyl sites for hydroxylation is 1. The van der Waals surface area contributed by atoms with Crippen molar-refractivity contribution >= 4 is 11.3 Å². The van der Waals surface area contributed by atoms with E-state index < -0.39 is 0 Å². The molecule has 0 amide bonds. The van der Waals surface area contributed by atoms with Crippen LogP contribution >= 0.6 is 11.3 Å². The van der Waals surface area contributed by atoms with Gasteiger partial charge in [0.05, 0.1) is 11.1 Å². The SMILES string of the molecule is Cc1ncc(CN2CCC(O)C(C)C2)s1. The molecule has 84 valence electrons. The Kier molecular flexibility index (Phi) is 3.38. The van der Waals surface area contributed by atoms with E-state index in [4.69, 9.17) is 0 Å². The Morgan fingerprint density at radius 2 is 2.47 bits per heavy atom. The van der Waals surface area contributed by atoms with Crippen LogP contribution in [0.5, 0.6) is 0 Å². The average molecular weight is 226 g/mol. The molecular weight excluding hydrogens is 208 g/mol. The van der Waals surface area contributed by atoms with Crippen LogP contribution in [-0.2, 0) is 6.54 Å². The van der Waals surface area contributed by atoms with Gasteiger partial charge in [0, 0.05) is 30.7 Å². The highest BCUT2D eigenvalue weighted by Gasteiger charge is 2.24. The molecule has 1 aliphatic heterocycles. The highest BCUT2D eigenvalue weighted by atomic mass is 32.1. The van der Waals surface area contributed by atoms with Crippen molar-refractivity contribution in [2.45, 2.75) is 32.9 Å². The molecule has 1 fully saturated rings. The van der Waals surface area contributed by atoms with Crippen molar-refractivity contribution < 1.29 is 5.11 Å². The molecule has 2 rings (SSSR count). The van der Waals surface area contributed by atoms with Crippen molar-refractivity contribution in [1.29, 1.82) is 0 Å². The Balaban J connectivity index is 1.90. The number of nitrogens with zero attached hydrogens (tertiary/aromatic N) is 2. The first-order valence-corrected chi connectivity index (χ1v) is 6.28. The maximum Gasteiger partial charge on any atom is 0.0897 e. The Morgan fingerprint density at radius 1 is 1.67 bits per heavy atom. The van der Waals surface area contributed by atoms with Crippen molar-refractivity contribution in [1.82, 2.24) is 9.88 Å². The Labute approximate surface area is 94.8 Å². The highest BCUT2D eigenvalue weighted by molar-refractivity contribution is 7.11. The lowest BCUT2D eigenvalue weighted by Crippen LogP contribution is -2.41. The molecule has 3 nitrogen and oxygen atoms in total. The summed E-state index contributed by atoms with van der Waals surface area (Å²) in [6, 6.07) is 0. The molecule has 1 saturated heterocycles. The molecule has 2 heterocycles. The molecule has 0 spiro atoms. The Morgan fingerprint density at radius 3 is 3.07 bits per heavy atom. The number of likely N-dealkylation sites (tertiary alicyclic amines) is 1. The molecule has 0 radical (unpaired) electrons. The summed E-state index contributed by atoms with van der Waals surface area (Å²) in [7, 11) is 0. The maximum atomic E-state index is 9.63. The smallest absolute Gasteiger partial charge is 0.0897 e. The quantitative estimate of drug-likeness (QED) is 0.833. The summed E-state index contributed by atoms with van der Waals surface area (Å²) in [6.45, 7) is 7.15. The van der Waals surface area contributed by atoms with E-state index in [9.17, 15) is 5.11 Å². The fourth-order valence-corrected chi connectivity index (χ4v) is 2.90. The molecule has 0 bridgehead atoms. The fraction of sp³-hybridized carbons (Fsp3) is 0.727. The van der Waals surface area contributed by atoms with Crippen molar-refractivity contribution in [3.63, 3.8) is 0 Å². The minimum Gasteiger partial charge on any atom is -0.393 e. The van der Waals surface area contributed by atoms with Crippen LogP contribution in [0.4, 0.5) is 0 Å². The molecule has 0 saturated carbocycles. The zero-order valence-electron chi connectivity index (χ0n) is 9.31. The van der Waals surface area contributed by atoms with Gasteiger partial charge in [0.25, 0.3) is 0 Å². The minimum atomic E-state index is -0.107. The van der Waals surface area contributed by atoms with E-state index in [1.807, 2.05) is 13.1 Å². The second-order valence-corrected chi connectivity index (χ2v) is 5.73. The molecule has 1 aromatic rings. The van der Waals surface area contributed by atoms with Gasteiger partial charge in [-0.3, -0.25) is 4.90 Å². The molecular formula is C11H18N2OS. The molecule has 1 N–H and O–H groups in total. The number of hydrogen-bond acceptors (Lipinski definition) is 4. The van der Waals surface area contributed by atoms with Crippen LogP contribution in [-0.4, -0.2) is 34.2 Å². The topological polar surface area (TPSA) is 36.4 Å². The Bertz CT molecular complexity index is 326. The number of piperidine rings is 1. The average Bonchev–Trinajstić information content (AvgIpc) is 2.58. The van der Waals surface area contributed by atoms with Crippen LogP contribution in [0.25, 0.3) is 0 Å². The largest absolute Gasteiger partial charge is 0.393 e. The summed E-state index contributed by atoms with van der Waals surface area (Å²) < 4.78 is 0. The van der Waals surface area contributed by atoms with Gasteiger partial charge in [-0.1, -0.05) is 6.92 Å². The second-order valence-electron chi connectivity index (χ2n) is 4.41. The number of aliphatic hydroxyl groups is 1. The third-order valence-corrected chi connectivity index (χ3v) is 3.89. The van der Waals surface area contributed by atoms with E-state index in [1.54, 1.807) is 11.3 Å². The van der Waals surface area contributed by atoms with Gasteiger partial charge in [-0.15, -0.1) is 11.3 Å². The number of rotatable bonds is 2. The van der Waals surface area contributed by atoms with E-state index >= 15 is 0 Å². The second kappa shape index (κ2) is 4.60. The zero-order chi connectivity index (χ0) is 10.8. The van der Waals surface area contributed by atoms with Crippen LogP contribution < -0.4 is 0 Å². The molecule has 0 aromatic carbocycles. The first-order valence-electron chi connectivity index (χ1n) is 5.47. The lowest BCUT2D eigenvalue weighted by molar-refractivity contribution is 0.0324. The zero-order valence-corrected chi connectivity index (χ0v) is 10.1. The predicted molar refractivity (Wildman–Crippen MR) is 61.9 cm³/mol. The van der Waals surface area contributed by atoms with Gasteiger partial charge in [-0.25, -0.2) is 4.98 Å². The summed E-state index contributed by atoms with van der Waals surface area (Å²) in [5, 5.41) is 10.8. The minimum absolute atomic E-state index is 0.107. The number of thiazole rings is 1. The van der Waals surface area contributed by atoms with Crippen LogP contribution in [0.3, 0.4) is 0 Å². The van der Waals surface area contributed by atoms with Gasteiger partial charge in [0.1, 0.15) is 0 Å². The van der Waals surface area contributed by atoms with Gasteiger partial charge in [-0.05, 0) is 19.3 Å². The normalized spacial score (nSPS) is 28.2. The standard InChI is InChI=1S/C11H18N2OS/c1-8-6-13(4-3-11(8)14)7-10-5-12-9(2)15-10/h5,8,11,14H,3-4,6-7H2,1-2H3. The van der Waals surface area contributed by atoms with Gasteiger partial charge in [0.2, 0.25) is 0 Å². The van der Waals surface area contributed by atoms with Crippen LogP contribution in [0, 0.1) is 12.8 Å². The van der Waals surface area contributed by atoms with E-state index in [-0.39, 0.29) is 6.10 Å². The van der Waals surface area contributed by atoms with Crippen molar-refractivity contribution in [3.05, 3.63) is 16.1 Å². The van der Waals surface area contributed by atoms with Crippen molar-refractivity contribution in [3.8, 4) is 0 Å². The number of aliphatic hydroxyl groups excluding tert-OH is 1. The third-order valence-electron chi connectivity index (χ3n) is 2.99. The highest BCUT2D eigenvalue weighted by Crippen LogP contribution is 2.20. The first kappa shape index (κ1) is 11.0. The summed E-state index contributed by atoms with van der Waals surface area (Å²) >= 11 is 1.77. The van der Waals surface area contributed by atoms with E-state index in [2.05, 4.69) is 16.8 Å². The van der Waals surface area contributed by atoms with Gasteiger partial charge < -0.3 is 5.11 Å². The summed E-state index contributed by atoms with van der Waals surface area (Å²) in [4.78, 5) is 8.00.